The molecule has 0 aromatic heterocycles. The summed E-state index contributed by atoms with van der Waals surface area (Å²) in [7, 11) is 0. The average molecular weight is 315 g/mol. The smallest absolute Gasteiger partial charge is 0.195 e. The number of rotatable bonds is 1. The first kappa shape index (κ1) is 17.9. The molecule has 0 fully saturated rings. The molecule has 0 amide bonds. The third kappa shape index (κ3) is 2.41. The first-order valence-electron chi connectivity index (χ1n) is 6.73. The molecule has 1 nitrogen and oxygen atoms in total. The summed E-state index contributed by atoms with van der Waals surface area (Å²) in [5.74, 6) is -7.86. The Labute approximate surface area is 125 Å². The molecule has 0 unspecified atom stereocenters. The van der Waals surface area contributed by atoms with Crippen molar-refractivity contribution in [1.82, 2.24) is 0 Å². The Kier molecular flexibility index (Phi) is 5.48. The minimum absolute atomic E-state index is 0.0592. The number of nitrogens with zero attached hydrogens (tertiary/aromatic N) is 1. The van der Waals surface area contributed by atoms with Crippen LogP contribution in [0.3, 0.4) is 0 Å². The average Bonchev–Trinajstić information content (AvgIpc) is 2.54. The van der Waals surface area contributed by atoms with Crippen LogP contribution in [0.15, 0.2) is 0 Å². The predicted octanol–water partition coefficient (Wildman–Crippen LogP) is 5.30. The molecule has 0 bridgehead atoms. The maximum absolute atomic E-state index is 13.9. The van der Waals surface area contributed by atoms with Crippen LogP contribution < -0.4 is 0 Å². The summed E-state index contributed by atoms with van der Waals surface area (Å²) in [5.41, 5.74) is -1.60. The van der Waals surface area contributed by atoms with Gasteiger partial charge < -0.3 is 0 Å². The van der Waals surface area contributed by atoms with Crippen LogP contribution in [0.25, 0.3) is 10.8 Å². The Bertz CT molecular complexity index is 775. The van der Waals surface area contributed by atoms with E-state index in [-0.39, 0.29) is 22.9 Å². The van der Waals surface area contributed by atoms with Crippen LogP contribution >= 0.6 is 0 Å². The summed E-state index contributed by atoms with van der Waals surface area (Å²) in [6, 6.07) is 1.30. The lowest BCUT2D eigenvalue weighted by Gasteiger charge is -2.14. The fraction of sp³-hybridized carbons (Fsp3) is 0.312. The van der Waals surface area contributed by atoms with Crippen molar-refractivity contribution >= 4 is 10.8 Å². The largest absolute Gasteiger partial charge is 0.203 e. The molecule has 0 saturated carbocycles. The number of hydrogen-bond donors (Lipinski definition) is 0. The molecular formula is C16H14F5N. The number of nitriles is 1. The summed E-state index contributed by atoms with van der Waals surface area (Å²) < 4.78 is 68.5. The summed E-state index contributed by atoms with van der Waals surface area (Å²) in [6.07, 6.45) is -0.0592. The fourth-order valence-corrected chi connectivity index (χ4v) is 2.29. The predicted molar refractivity (Wildman–Crippen MR) is 73.9 cm³/mol. The highest BCUT2D eigenvalue weighted by atomic mass is 19.2. The first-order chi connectivity index (χ1) is 10.4. The third-order valence-electron chi connectivity index (χ3n) is 3.25. The van der Waals surface area contributed by atoms with Gasteiger partial charge in [0.05, 0.1) is 0 Å². The zero-order valence-corrected chi connectivity index (χ0v) is 12.5. The molecule has 0 aliphatic carbocycles. The number of benzene rings is 2. The van der Waals surface area contributed by atoms with E-state index in [1.54, 1.807) is 0 Å². The maximum atomic E-state index is 13.9. The molecular weight excluding hydrogens is 301 g/mol. The van der Waals surface area contributed by atoms with Crippen molar-refractivity contribution in [1.29, 1.82) is 5.26 Å². The van der Waals surface area contributed by atoms with Crippen LogP contribution in [-0.2, 0) is 6.42 Å². The van der Waals surface area contributed by atoms with Crippen LogP contribution in [0.2, 0.25) is 0 Å². The van der Waals surface area contributed by atoms with Crippen LogP contribution in [0, 0.1) is 47.3 Å². The van der Waals surface area contributed by atoms with Crippen LogP contribution in [0.1, 0.15) is 37.5 Å². The van der Waals surface area contributed by atoms with Crippen molar-refractivity contribution in [3.8, 4) is 6.07 Å². The van der Waals surface area contributed by atoms with Gasteiger partial charge in [0.2, 0.25) is 0 Å². The lowest BCUT2D eigenvalue weighted by atomic mass is 9.93. The van der Waals surface area contributed by atoms with Gasteiger partial charge in [-0.1, -0.05) is 20.8 Å². The third-order valence-corrected chi connectivity index (χ3v) is 3.25. The molecule has 6 heteroatoms. The standard InChI is InChI=1S/C14H8F5N.C2H6/c1-3-6-8-5(2)10(15)14(19)13(18)9(8)7(4-20)12(17)11(6)16;1-2/h3H2,1-2H3;1-2H3. The molecule has 2 aromatic rings. The second kappa shape index (κ2) is 6.73. The molecule has 0 aliphatic heterocycles. The number of aryl methyl sites for hydroxylation is 2. The molecule has 0 saturated heterocycles. The quantitative estimate of drug-likeness (QED) is 0.517. The van der Waals surface area contributed by atoms with Crippen molar-refractivity contribution in [2.24, 2.45) is 0 Å². The molecule has 0 spiro atoms. The van der Waals surface area contributed by atoms with Gasteiger partial charge in [0.1, 0.15) is 11.6 Å². The normalized spacial score (nSPS) is 10.2. The van der Waals surface area contributed by atoms with Crippen molar-refractivity contribution in [2.45, 2.75) is 34.1 Å². The van der Waals surface area contributed by atoms with E-state index in [9.17, 15) is 22.0 Å². The van der Waals surface area contributed by atoms with E-state index in [0.29, 0.717) is 0 Å². The molecule has 0 N–H and O–H groups in total. The minimum atomic E-state index is -1.81. The van der Waals surface area contributed by atoms with Crippen molar-refractivity contribution in [3.63, 3.8) is 0 Å². The van der Waals surface area contributed by atoms with E-state index < -0.39 is 40.0 Å². The topological polar surface area (TPSA) is 23.8 Å². The summed E-state index contributed by atoms with van der Waals surface area (Å²) >= 11 is 0. The molecule has 0 heterocycles. The summed E-state index contributed by atoms with van der Waals surface area (Å²) in [4.78, 5) is 0. The van der Waals surface area contributed by atoms with Gasteiger partial charge in [-0.05, 0) is 29.9 Å². The van der Waals surface area contributed by atoms with Crippen molar-refractivity contribution in [3.05, 3.63) is 45.8 Å². The summed E-state index contributed by atoms with van der Waals surface area (Å²) in [5, 5.41) is 7.83. The fourth-order valence-electron chi connectivity index (χ4n) is 2.29. The molecule has 118 valence electrons. The van der Waals surface area contributed by atoms with Gasteiger partial charge in [-0.2, -0.15) is 5.26 Å². The van der Waals surface area contributed by atoms with Crippen molar-refractivity contribution < 1.29 is 22.0 Å². The van der Waals surface area contributed by atoms with Gasteiger partial charge in [-0.25, -0.2) is 22.0 Å². The molecule has 0 radical (unpaired) electrons. The Morgan fingerprint density at radius 3 is 1.82 bits per heavy atom. The van der Waals surface area contributed by atoms with Gasteiger partial charge in [-0.15, -0.1) is 0 Å². The molecule has 22 heavy (non-hydrogen) atoms. The van der Waals surface area contributed by atoms with Gasteiger partial charge in [0.15, 0.2) is 29.1 Å². The Morgan fingerprint density at radius 2 is 1.36 bits per heavy atom. The van der Waals surface area contributed by atoms with E-state index in [1.807, 2.05) is 13.8 Å². The Hall–Kier alpha value is -2.16. The first-order valence-corrected chi connectivity index (χ1v) is 6.73. The van der Waals surface area contributed by atoms with Crippen LogP contribution in [0.5, 0.6) is 0 Å². The molecule has 2 rings (SSSR count). The molecule has 0 aliphatic rings. The number of halogens is 5. The zero-order chi connectivity index (χ0) is 17.2. The monoisotopic (exact) mass is 315 g/mol. The molecule has 0 atom stereocenters. The Morgan fingerprint density at radius 1 is 0.818 bits per heavy atom. The lowest BCUT2D eigenvalue weighted by Crippen LogP contribution is -2.06. The van der Waals surface area contributed by atoms with Crippen molar-refractivity contribution in [2.75, 3.05) is 0 Å². The second-order valence-electron chi connectivity index (χ2n) is 4.26. The lowest BCUT2D eigenvalue weighted by molar-refractivity contribution is 0.448. The molecule has 2 aromatic carbocycles. The van der Waals surface area contributed by atoms with Crippen LogP contribution in [0.4, 0.5) is 22.0 Å². The zero-order valence-electron chi connectivity index (χ0n) is 12.5. The maximum Gasteiger partial charge on any atom is 0.195 e. The van der Waals surface area contributed by atoms with E-state index in [4.69, 9.17) is 5.26 Å². The summed E-state index contributed by atoms with van der Waals surface area (Å²) in [6.45, 7) is 6.58. The van der Waals surface area contributed by atoms with Gasteiger partial charge in [-0.3, -0.25) is 0 Å². The highest BCUT2D eigenvalue weighted by Gasteiger charge is 2.27. The minimum Gasteiger partial charge on any atom is -0.203 e. The van der Waals surface area contributed by atoms with Gasteiger partial charge in [0.25, 0.3) is 0 Å². The number of fused-ring (bicyclic) bond motifs is 1. The van der Waals surface area contributed by atoms with E-state index in [0.717, 1.165) is 6.92 Å². The second-order valence-corrected chi connectivity index (χ2v) is 4.26. The highest BCUT2D eigenvalue weighted by Crippen LogP contribution is 2.35. The highest BCUT2D eigenvalue weighted by molar-refractivity contribution is 5.94. The van der Waals surface area contributed by atoms with E-state index >= 15 is 0 Å². The van der Waals surface area contributed by atoms with E-state index in [1.165, 1.54) is 13.0 Å². The number of hydrogen-bond acceptors (Lipinski definition) is 1. The Balaban J connectivity index is 0.00000116. The van der Waals surface area contributed by atoms with Gasteiger partial charge in [0, 0.05) is 5.39 Å². The van der Waals surface area contributed by atoms with Gasteiger partial charge >= 0.3 is 0 Å². The van der Waals surface area contributed by atoms with E-state index in [2.05, 4.69) is 0 Å². The van der Waals surface area contributed by atoms with Crippen LogP contribution in [-0.4, -0.2) is 0 Å². The SMILES string of the molecule is CC.CCc1c(F)c(F)c(C#N)c2c(F)c(F)c(F)c(C)c12.